The van der Waals surface area contributed by atoms with Crippen molar-refractivity contribution < 1.29 is 14.7 Å². The van der Waals surface area contributed by atoms with Crippen LogP contribution in [-0.4, -0.2) is 41.4 Å². The lowest BCUT2D eigenvalue weighted by atomic mass is 10.00. The van der Waals surface area contributed by atoms with Crippen molar-refractivity contribution in [2.24, 2.45) is 0 Å². The molecule has 1 aliphatic heterocycles. The van der Waals surface area contributed by atoms with Crippen molar-refractivity contribution >= 4 is 11.8 Å². The number of benzene rings is 1. The Bertz CT molecular complexity index is 558. The van der Waals surface area contributed by atoms with E-state index in [1.807, 2.05) is 29.2 Å². The van der Waals surface area contributed by atoms with Crippen molar-refractivity contribution in [2.45, 2.75) is 26.2 Å². The predicted octanol–water partition coefficient (Wildman–Crippen LogP) is 2.71. The van der Waals surface area contributed by atoms with Gasteiger partial charge in [-0.3, -0.25) is 9.69 Å². The molecular weight excluding hydrogens is 266 g/mol. The highest BCUT2D eigenvalue weighted by molar-refractivity contribution is 5.97. The van der Waals surface area contributed by atoms with Gasteiger partial charge in [0.1, 0.15) is 0 Å². The fourth-order valence-corrected chi connectivity index (χ4v) is 2.44. The Morgan fingerprint density at radius 2 is 1.90 bits per heavy atom. The standard InChI is InChI=1S/C17H21NO3/c1-12(2)13-5-7-14(8-6-13)16(19)11-18-9-3-4-15(10-18)17(20)21/h4-8,12H,3,9-11H2,1-2H3,(H,20,21). The van der Waals surface area contributed by atoms with Gasteiger partial charge in [0.15, 0.2) is 5.78 Å². The minimum atomic E-state index is -0.895. The van der Waals surface area contributed by atoms with Gasteiger partial charge in [0, 0.05) is 24.2 Å². The van der Waals surface area contributed by atoms with Gasteiger partial charge in [-0.2, -0.15) is 0 Å². The molecule has 1 N–H and O–H groups in total. The maximum atomic E-state index is 12.3. The van der Waals surface area contributed by atoms with E-state index in [1.54, 1.807) is 6.08 Å². The third kappa shape index (κ3) is 4.02. The molecule has 0 unspecified atom stereocenters. The average molecular weight is 287 g/mol. The van der Waals surface area contributed by atoms with E-state index in [-0.39, 0.29) is 12.3 Å². The van der Waals surface area contributed by atoms with Crippen molar-refractivity contribution in [3.63, 3.8) is 0 Å². The number of aliphatic carboxylic acids is 1. The smallest absolute Gasteiger partial charge is 0.332 e. The SMILES string of the molecule is CC(C)c1ccc(C(=O)CN2CCC=C(C(=O)O)C2)cc1. The molecule has 4 nitrogen and oxygen atoms in total. The van der Waals surface area contributed by atoms with Crippen LogP contribution in [0.3, 0.4) is 0 Å². The Morgan fingerprint density at radius 3 is 2.48 bits per heavy atom. The maximum Gasteiger partial charge on any atom is 0.332 e. The summed E-state index contributed by atoms with van der Waals surface area (Å²) >= 11 is 0. The normalized spacial score (nSPS) is 15.9. The van der Waals surface area contributed by atoms with Crippen LogP contribution in [0.1, 0.15) is 42.1 Å². The van der Waals surface area contributed by atoms with Crippen LogP contribution in [0.25, 0.3) is 0 Å². The topological polar surface area (TPSA) is 57.6 Å². The van der Waals surface area contributed by atoms with Crippen molar-refractivity contribution in [3.05, 3.63) is 47.0 Å². The van der Waals surface area contributed by atoms with Crippen molar-refractivity contribution in [2.75, 3.05) is 19.6 Å². The second kappa shape index (κ2) is 6.68. The molecule has 0 aromatic heterocycles. The monoisotopic (exact) mass is 287 g/mol. The zero-order valence-corrected chi connectivity index (χ0v) is 12.5. The molecule has 0 radical (unpaired) electrons. The molecule has 112 valence electrons. The van der Waals surface area contributed by atoms with Crippen molar-refractivity contribution in [1.82, 2.24) is 4.90 Å². The lowest BCUT2D eigenvalue weighted by Gasteiger charge is -2.24. The number of hydrogen-bond donors (Lipinski definition) is 1. The largest absolute Gasteiger partial charge is 0.478 e. The summed E-state index contributed by atoms with van der Waals surface area (Å²) in [5.74, 6) is -0.412. The second-order valence-corrected chi connectivity index (χ2v) is 5.73. The fourth-order valence-electron chi connectivity index (χ4n) is 2.44. The predicted molar refractivity (Wildman–Crippen MR) is 81.6 cm³/mol. The van der Waals surface area contributed by atoms with Gasteiger partial charge in [0.05, 0.1) is 6.54 Å². The van der Waals surface area contributed by atoms with Gasteiger partial charge in [-0.25, -0.2) is 4.79 Å². The summed E-state index contributed by atoms with van der Waals surface area (Å²) in [7, 11) is 0. The Labute approximate surface area is 125 Å². The summed E-state index contributed by atoms with van der Waals surface area (Å²) in [5, 5.41) is 9.01. The fraction of sp³-hybridized carbons (Fsp3) is 0.412. The first-order chi connectivity index (χ1) is 9.97. The Morgan fingerprint density at radius 1 is 1.24 bits per heavy atom. The zero-order valence-electron chi connectivity index (χ0n) is 12.5. The minimum absolute atomic E-state index is 0.0388. The van der Waals surface area contributed by atoms with Gasteiger partial charge in [-0.15, -0.1) is 0 Å². The van der Waals surface area contributed by atoms with Crippen LogP contribution in [0.5, 0.6) is 0 Å². The van der Waals surface area contributed by atoms with Crippen LogP contribution >= 0.6 is 0 Å². The van der Waals surface area contributed by atoms with Crippen LogP contribution < -0.4 is 0 Å². The summed E-state index contributed by atoms with van der Waals surface area (Å²) < 4.78 is 0. The van der Waals surface area contributed by atoms with Crippen LogP contribution in [0, 0.1) is 0 Å². The molecule has 21 heavy (non-hydrogen) atoms. The van der Waals surface area contributed by atoms with E-state index in [9.17, 15) is 9.59 Å². The number of Topliss-reactive ketones (excluding diaryl/α,β-unsaturated/α-hetero) is 1. The van der Waals surface area contributed by atoms with Crippen LogP contribution in [0.4, 0.5) is 0 Å². The molecule has 0 fully saturated rings. The summed E-state index contributed by atoms with van der Waals surface area (Å²) in [4.78, 5) is 25.1. The van der Waals surface area contributed by atoms with Gasteiger partial charge in [-0.05, 0) is 17.9 Å². The third-order valence-corrected chi connectivity index (χ3v) is 3.77. The molecule has 2 rings (SSSR count). The summed E-state index contributed by atoms with van der Waals surface area (Å²) in [6.07, 6.45) is 2.42. The van der Waals surface area contributed by atoms with E-state index in [0.29, 0.717) is 30.0 Å². The zero-order chi connectivity index (χ0) is 15.4. The second-order valence-electron chi connectivity index (χ2n) is 5.73. The molecule has 0 aliphatic carbocycles. The lowest BCUT2D eigenvalue weighted by molar-refractivity contribution is -0.133. The van der Waals surface area contributed by atoms with E-state index in [0.717, 1.165) is 6.54 Å². The van der Waals surface area contributed by atoms with Gasteiger partial charge in [0.25, 0.3) is 0 Å². The Balaban J connectivity index is 1.98. The first-order valence-electron chi connectivity index (χ1n) is 7.25. The number of rotatable bonds is 5. The molecule has 0 saturated carbocycles. The first kappa shape index (κ1) is 15.4. The van der Waals surface area contributed by atoms with Crippen LogP contribution in [0.15, 0.2) is 35.9 Å². The molecule has 1 aromatic carbocycles. The minimum Gasteiger partial charge on any atom is -0.478 e. The van der Waals surface area contributed by atoms with Crippen molar-refractivity contribution in [1.29, 1.82) is 0 Å². The van der Waals surface area contributed by atoms with Crippen LogP contribution in [-0.2, 0) is 4.79 Å². The summed E-state index contributed by atoms with van der Waals surface area (Å²) in [6.45, 7) is 5.57. The average Bonchev–Trinajstić information content (AvgIpc) is 2.47. The van der Waals surface area contributed by atoms with E-state index >= 15 is 0 Å². The molecule has 1 heterocycles. The Hall–Kier alpha value is -1.94. The maximum absolute atomic E-state index is 12.3. The highest BCUT2D eigenvalue weighted by atomic mass is 16.4. The first-order valence-corrected chi connectivity index (χ1v) is 7.25. The third-order valence-electron chi connectivity index (χ3n) is 3.77. The molecule has 4 heteroatoms. The molecular formula is C17H21NO3. The highest BCUT2D eigenvalue weighted by Crippen LogP contribution is 2.16. The van der Waals surface area contributed by atoms with Gasteiger partial charge < -0.3 is 5.11 Å². The molecule has 0 bridgehead atoms. The van der Waals surface area contributed by atoms with Gasteiger partial charge in [-0.1, -0.05) is 44.2 Å². The summed E-state index contributed by atoms with van der Waals surface area (Å²) in [5.41, 5.74) is 2.27. The lowest BCUT2D eigenvalue weighted by Crippen LogP contribution is -2.36. The van der Waals surface area contributed by atoms with Gasteiger partial charge in [0.2, 0.25) is 0 Å². The molecule has 0 atom stereocenters. The molecule has 1 aromatic rings. The number of ketones is 1. The number of carbonyl (C=O) groups excluding carboxylic acids is 1. The van der Waals surface area contributed by atoms with Gasteiger partial charge >= 0.3 is 5.97 Å². The number of nitrogens with zero attached hydrogens (tertiary/aromatic N) is 1. The number of carboxylic acids is 1. The highest BCUT2D eigenvalue weighted by Gasteiger charge is 2.20. The molecule has 0 spiro atoms. The molecule has 1 aliphatic rings. The molecule has 0 amide bonds. The molecule has 0 saturated heterocycles. The van der Waals surface area contributed by atoms with Crippen LogP contribution in [0.2, 0.25) is 0 Å². The van der Waals surface area contributed by atoms with E-state index in [1.165, 1.54) is 5.56 Å². The van der Waals surface area contributed by atoms with Crippen molar-refractivity contribution in [3.8, 4) is 0 Å². The number of carboxylic acid groups (broad SMARTS) is 1. The van der Waals surface area contributed by atoms with E-state index in [4.69, 9.17) is 5.11 Å². The number of carbonyl (C=O) groups is 2. The number of hydrogen-bond acceptors (Lipinski definition) is 3. The Kier molecular flexibility index (Phi) is 4.91. The summed E-state index contributed by atoms with van der Waals surface area (Å²) in [6, 6.07) is 7.68. The quantitative estimate of drug-likeness (QED) is 0.846. The van der Waals surface area contributed by atoms with E-state index < -0.39 is 5.97 Å². The van der Waals surface area contributed by atoms with E-state index in [2.05, 4.69) is 13.8 Å².